The second-order valence-corrected chi connectivity index (χ2v) is 7.93. The summed E-state index contributed by atoms with van der Waals surface area (Å²) in [7, 11) is 0. The molecule has 2 atom stereocenters. The van der Waals surface area contributed by atoms with Gasteiger partial charge in [0.2, 0.25) is 0 Å². The molecule has 2 aromatic heterocycles. The molecule has 8 nitrogen and oxygen atoms in total. The van der Waals surface area contributed by atoms with E-state index in [0.717, 1.165) is 56.9 Å². The van der Waals surface area contributed by atoms with Gasteiger partial charge in [0, 0.05) is 57.7 Å². The van der Waals surface area contributed by atoms with Crippen LogP contribution in [0.15, 0.2) is 42.7 Å². The second kappa shape index (κ2) is 9.97. The van der Waals surface area contributed by atoms with E-state index in [4.69, 9.17) is 0 Å². The van der Waals surface area contributed by atoms with Crippen LogP contribution < -0.4 is 15.5 Å². The van der Waals surface area contributed by atoms with Crippen LogP contribution >= 0.6 is 0 Å². The van der Waals surface area contributed by atoms with Gasteiger partial charge >= 0.3 is 0 Å². The number of carbonyl (C=O) groups excluding carboxylic acids is 1. The lowest BCUT2D eigenvalue weighted by Gasteiger charge is -2.37. The highest BCUT2D eigenvalue weighted by Crippen LogP contribution is 2.19. The summed E-state index contributed by atoms with van der Waals surface area (Å²) >= 11 is 0. The molecule has 30 heavy (non-hydrogen) atoms. The monoisotopic (exact) mass is 410 g/mol. The van der Waals surface area contributed by atoms with Gasteiger partial charge in [-0.05, 0) is 43.1 Å². The smallest absolute Gasteiger partial charge is 0.270 e. The molecule has 3 N–H and O–H groups in total. The number of β-amino-alcohol motifs (C(OH)–C–C–N with tert-alkyl or cyclic N) is 1. The minimum Gasteiger partial charge on any atom is -0.390 e. The summed E-state index contributed by atoms with van der Waals surface area (Å²) in [6.07, 6.45) is 5.13. The number of amides is 1. The summed E-state index contributed by atoms with van der Waals surface area (Å²) in [4.78, 5) is 25.9. The number of aliphatic hydroxyl groups excluding tert-OH is 1. The van der Waals surface area contributed by atoms with Crippen LogP contribution in [0.4, 0.5) is 5.82 Å². The highest BCUT2D eigenvalue weighted by molar-refractivity contribution is 5.92. The summed E-state index contributed by atoms with van der Waals surface area (Å²) in [6.45, 7) is 5.65. The molecule has 2 aliphatic rings. The number of aromatic nitrogens is 2. The third-order valence-corrected chi connectivity index (χ3v) is 5.88. The van der Waals surface area contributed by atoms with Crippen LogP contribution in [0.5, 0.6) is 0 Å². The fourth-order valence-corrected chi connectivity index (χ4v) is 4.25. The van der Waals surface area contributed by atoms with Gasteiger partial charge in [0.25, 0.3) is 5.91 Å². The van der Waals surface area contributed by atoms with Crippen LogP contribution in [0.2, 0.25) is 0 Å². The molecule has 4 heterocycles. The normalized spacial score (nSPS) is 23.0. The Labute approximate surface area is 177 Å². The zero-order valence-corrected chi connectivity index (χ0v) is 17.2. The Morgan fingerprint density at radius 1 is 1.20 bits per heavy atom. The first-order valence-electron chi connectivity index (χ1n) is 10.7. The first kappa shape index (κ1) is 20.7. The average Bonchev–Trinajstić information content (AvgIpc) is 3.05. The number of pyridine rings is 2. The van der Waals surface area contributed by atoms with Crippen molar-refractivity contribution in [3.63, 3.8) is 0 Å². The number of nitrogens with zero attached hydrogens (tertiary/aromatic N) is 4. The van der Waals surface area contributed by atoms with Crippen molar-refractivity contribution >= 4 is 11.7 Å². The van der Waals surface area contributed by atoms with Gasteiger partial charge in [0.05, 0.1) is 6.10 Å². The lowest BCUT2D eigenvalue weighted by molar-refractivity contribution is 0.0323. The van der Waals surface area contributed by atoms with E-state index in [1.165, 1.54) is 0 Å². The van der Waals surface area contributed by atoms with Gasteiger partial charge in [-0.15, -0.1) is 0 Å². The summed E-state index contributed by atoms with van der Waals surface area (Å²) in [6, 6.07) is 9.61. The van der Waals surface area contributed by atoms with E-state index < -0.39 is 0 Å². The molecule has 2 saturated heterocycles. The van der Waals surface area contributed by atoms with Gasteiger partial charge in [-0.25, -0.2) is 4.98 Å². The largest absolute Gasteiger partial charge is 0.390 e. The highest BCUT2D eigenvalue weighted by Gasteiger charge is 2.30. The van der Waals surface area contributed by atoms with Crippen molar-refractivity contribution in [1.29, 1.82) is 0 Å². The molecule has 0 aliphatic carbocycles. The third kappa shape index (κ3) is 5.13. The van der Waals surface area contributed by atoms with Crippen LogP contribution in [0.3, 0.4) is 0 Å². The van der Waals surface area contributed by atoms with Crippen molar-refractivity contribution in [2.45, 2.75) is 31.5 Å². The lowest BCUT2D eigenvalue weighted by atomic mass is 10.0. The Morgan fingerprint density at radius 3 is 2.97 bits per heavy atom. The Hall–Kier alpha value is -2.55. The van der Waals surface area contributed by atoms with Gasteiger partial charge in [-0.3, -0.25) is 14.7 Å². The number of rotatable bonds is 5. The van der Waals surface area contributed by atoms with Gasteiger partial charge in [-0.1, -0.05) is 12.1 Å². The molecule has 160 valence electrons. The SMILES string of the molecule is O=C(NCc1cccnc1)c1cccc(N2CCCN([C@@H]3CCNC[C@H]3O)CC2)n1. The molecule has 2 aromatic rings. The average molecular weight is 411 g/mol. The molecule has 0 aromatic carbocycles. The molecule has 0 saturated carbocycles. The van der Waals surface area contributed by atoms with Crippen LogP contribution in [0.25, 0.3) is 0 Å². The standard InChI is InChI=1S/C22H30N6O2/c29-20-16-24-9-7-19(20)27-10-3-11-28(13-12-27)21-6-1-5-18(26-21)22(30)25-15-17-4-2-8-23-14-17/h1-2,4-6,8,14,19-20,24,29H,3,7,9-13,15-16H2,(H,25,30)/t19-,20-/m1/s1. The van der Waals surface area contributed by atoms with Crippen molar-refractivity contribution in [1.82, 2.24) is 25.5 Å². The molecule has 0 radical (unpaired) electrons. The Balaban J connectivity index is 1.36. The van der Waals surface area contributed by atoms with Gasteiger partial charge in [0.1, 0.15) is 11.5 Å². The van der Waals surface area contributed by atoms with Crippen LogP contribution in [-0.4, -0.2) is 77.3 Å². The van der Waals surface area contributed by atoms with E-state index in [1.54, 1.807) is 18.5 Å². The van der Waals surface area contributed by atoms with Crippen LogP contribution in [0.1, 0.15) is 28.9 Å². The zero-order valence-electron chi connectivity index (χ0n) is 17.2. The molecule has 2 fully saturated rings. The summed E-state index contributed by atoms with van der Waals surface area (Å²) in [5.74, 6) is 0.645. The van der Waals surface area contributed by atoms with Gasteiger partial charge in [0.15, 0.2) is 0 Å². The maximum absolute atomic E-state index is 12.6. The summed E-state index contributed by atoms with van der Waals surface area (Å²) in [5, 5.41) is 16.5. The van der Waals surface area contributed by atoms with Crippen molar-refractivity contribution in [3.05, 3.63) is 54.0 Å². The summed E-state index contributed by atoms with van der Waals surface area (Å²) < 4.78 is 0. The van der Waals surface area contributed by atoms with E-state index in [-0.39, 0.29) is 18.1 Å². The topological polar surface area (TPSA) is 93.6 Å². The minimum atomic E-state index is -0.310. The van der Waals surface area contributed by atoms with E-state index in [2.05, 4.69) is 30.4 Å². The molecular weight excluding hydrogens is 380 g/mol. The molecule has 1 amide bonds. The molecule has 8 heteroatoms. The van der Waals surface area contributed by atoms with Crippen LogP contribution in [0, 0.1) is 0 Å². The zero-order chi connectivity index (χ0) is 20.8. The van der Waals surface area contributed by atoms with Gasteiger partial charge < -0.3 is 20.6 Å². The molecular formula is C22H30N6O2. The first-order chi connectivity index (χ1) is 14.7. The van der Waals surface area contributed by atoms with Crippen molar-refractivity contribution in [3.8, 4) is 0 Å². The first-order valence-corrected chi connectivity index (χ1v) is 10.7. The summed E-state index contributed by atoms with van der Waals surface area (Å²) in [5.41, 5.74) is 1.38. The predicted octanol–water partition coefficient (Wildman–Crippen LogP) is 0.642. The minimum absolute atomic E-state index is 0.185. The quantitative estimate of drug-likeness (QED) is 0.666. The number of hydrogen-bond acceptors (Lipinski definition) is 7. The van der Waals surface area contributed by atoms with Crippen molar-refractivity contribution in [2.24, 2.45) is 0 Å². The van der Waals surface area contributed by atoms with Crippen LogP contribution in [-0.2, 0) is 6.54 Å². The maximum Gasteiger partial charge on any atom is 0.270 e. The lowest BCUT2D eigenvalue weighted by Crippen LogP contribution is -2.53. The Morgan fingerprint density at radius 2 is 2.13 bits per heavy atom. The number of aliphatic hydroxyl groups is 1. The van der Waals surface area contributed by atoms with Crippen molar-refractivity contribution < 1.29 is 9.90 Å². The molecule has 4 rings (SSSR count). The van der Waals surface area contributed by atoms with E-state index >= 15 is 0 Å². The number of carbonyl (C=O) groups is 1. The third-order valence-electron chi connectivity index (χ3n) is 5.88. The number of nitrogens with one attached hydrogen (secondary N) is 2. The number of hydrogen-bond donors (Lipinski definition) is 3. The van der Waals surface area contributed by atoms with E-state index in [9.17, 15) is 9.90 Å². The Kier molecular flexibility index (Phi) is 6.88. The predicted molar refractivity (Wildman–Crippen MR) is 115 cm³/mol. The highest BCUT2D eigenvalue weighted by atomic mass is 16.3. The Bertz CT molecular complexity index is 833. The fraction of sp³-hybridized carbons (Fsp3) is 0.500. The molecule has 0 spiro atoms. The molecule has 2 aliphatic heterocycles. The molecule has 0 unspecified atom stereocenters. The fourth-order valence-electron chi connectivity index (χ4n) is 4.25. The second-order valence-electron chi connectivity index (χ2n) is 7.93. The van der Waals surface area contributed by atoms with Gasteiger partial charge in [-0.2, -0.15) is 0 Å². The maximum atomic E-state index is 12.6. The van der Waals surface area contributed by atoms with Crippen molar-refractivity contribution in [2.75, 3.05) is 44.2 Å². The van der Waals surface area contributed by atoms with E-state index in [0.29, 0.717) is 18.8 Å². The number of anilines is 1. The number of piperidine rings is 1. The van der Waals surface area contributed by atoms with E-state index in [1.807, 2.05) is 24.3 Å². The molecule has 0 bridgehead atoms.